The first-order valence-corrected chi connectivity index (χ1v) is 9.80. The van der Waals surface area contributed by atoms with Crippen molar-refractivity contribution < 1.29 is 12.9 Å². The summed E-state index contributed by atoms with van der Waals surface area (Å²) in [6.07, 6.45) is 0. The molecule has 0 bridgehead atoms. The molecule has 0 fully saturated rings. The van der Waals surface area contributed by atoms with E-state index in [1.54, 1.807) is 32.9 Å². The summed E-state index contributed by atoms with van der Waals surface area (Å²) in [5, 5.41) is 3.76. The number of nitrogens with one attached hydrogen (secondary N) is 2. The molecule has 8 heteroatoms. The van der Waals surface area contributed by atoms with Crippen LogP contribution in [0.25, 0.3) is 11.5 Å². The number of aromatic amines is 1. The summed E-state index contributed by atoms with van der Waals surface area (Å²) in [5.41, 5.74) is 3.21. The topological polar surface area (TPSA) is 101 Å². The number of aryl methyl sites for hydroxylation is 3. The van der Waals surface area contributed by atoms with Crippen LogP contribution in [-0.4, -0.2) is 23.5 Å². The maximum Gasteiger partial charge on any atom is 0.264 e. The normalized spacial score (nSPS) is 11.9. The zero-order valence-corrected chi connectivity index (χ0v) is 16.2. The van der Waals surface area contributed by atoms with Gasteiger partial charge in [0.1, 0.15) is 4.90 Å². The summed E-state index contributed by atoms with van der Waals surface area (Å²) in [6.45, 7) is 9.34. The summed E-state index contributed by atoms with van der Waals surface area (Å²) in [5.74, 6) is 1.00. The van der Waals surface area contributed by atoms with E-state index in [4.69, 9.17) is 4.52 Å². The molecule has 2 aromatic heterocycles. The summed E-state index contributed by atoms with van der Waals surface area (Å²) in [7, 11) is -3.83. The second kappa shape index (κ2) is 6.60. The molecular formula is C18H22N4O3S. The van der Waals surface area contributed by atoms with Crippen molar-refractivity contribution in [3.63, 3.8) is 0 Å². The number of sulfonamides is 1. The Hall–Kier alpha value is -2.61. The van der Waals surface area contributed by atoms with Gasteiger partial charge in [0.05, 0.1) is 5.56 Å². The van der Waals surface area contributed by atoms with Crippen LogP contribution in [0.3, 0.4) is 0 Å². The van der Waals surface area contributed by atoms with E-state index in [2.05, 4.69) is 33.7 Å². The Labute approximate surface area is 152 Å². The van der Waals surface area contributed by atoms with Gasteiger partial charge in [-0.15, -0.1) is 0 Å². The Kier molecular flexibility index (Phi) is 4.62. The van der Waals surface area contributed by atoms with Gasteiger partial charge >= 0.3 is 0 Å². The first-order valence-electron chi connectivity index (χ1n) is 8.31. The van der Waals surface area contributed by atoms with Gasteiger partial charge in [-0.1, -0.05) is 31.1 Å². The van der Waals surface area contributed by atoms with Crippen molar-refractivity contribution in [1.29, 1.82) is 0 Å². The largest absolute Gasteiger partial charge is 0.361 e. The van der Waals surface area contributed by atoms with Gasteiger partial charge in [0.15, 0.2) is 5.82 Å². The Morgan fingerprint density at radius 1 is 1.08 bits per heavy atom. The van der Waals surface area contributed by atoms with Gasteiger partial charge in [-0.25, -0.2) is 8.42 Å². The summed E-state index contributed by atoms with van der Waals surface area (Å²) < 4.78 is 33.9. The van der Waals surface area contributed by atoms with E-state index in [0.29, 0.717) is 34.4 Å². The number of benzene rings is 1. The fourth-order valence-electron chi connectivity index (χ4n) is 2.89. The Morgan fingerprint density at radius 2 is 1.73 bits per heavy atom. The Morgan fingerprint density at radius 3 is 2.27 bits per heavy atom. The number of hydrogen-bond acceptors (Lipinski definition) is 5. The van der Waals surface area contributed by atoms with Crippen LogP contribution in [0, 0.1) is 20.8 Å². The molecule has 0 aliphatic rings. The highest BCUT2D eigenvalue weighted by molar-refractivity contribution is 7.93. The van der Waals surface area contributed by atoms with Gasteiger partial charge in [0.2, 0.25) is 0 Å². The van der Waals surface area contributed by atoms with E-state index in [-0.39, 0.29) is 10.8 Å². The monoisotopic (exact) mass is 374 g/mol. The van der Waals surface area contributed by atoms with Gasteiger partial charge in [-0.05, 0) is 44.4 Å². The fraction of sp³-hybridized carbons (Fsp3) is 0.333. The maximum atomic E-state index is 13.0. The molecular weight excluding hydrogens is 352 g/mol. The van der Waals surface area contributed by atoms with E-state index in [0.717, 1.165) is 5.56 Å². The maximum absolute atomic E-state index is 13.0. The first kappa shape index (κ1) is 18.2. The Balaban J connectivity index is 2.02. The molecule has 0 saturated heterocycles. The molecule has 0 atom stereocenters. The van der Waals surface area contributed by atoms with Crippen LogP contribution in [-0.2, 0) is 10.0 Å². The molecule has 0 spiro atoms. The second-order valence-electron chi connectivity index (χ2n) is 6.61. The third-order valence-corrected chi connectivity index (χ3v) is 5.71. The van der Waals surface area contributed by atoms with E-state index >= 15 is 0 Å². The summed E-state index contributed by atoms with van der Waals surface area (Å²) >= 11 is 0. The number of nitrogens with zero attached hydrogens (tertiary/aromatic N) is 2. The number of aromatic nitrogens is 3. The van der Waals surface area contributed by atoms with E-state index in [1.807, 2.05) is 12.1 Å². The van der Waals surface area contributed by atoms with Crippen LogP contribution < -0.4 is 4.72 Å². The molecule has 2 heterocycles. The molecule has 138 valence electrons. The molecule has 0 saturated carbocycles. The smallest absolute Gasteiger partial charge is 0.264 e. The SMILES string of the molecule is Cc1noc(-c2c(C)[nH]c(C)c2S(=O)(=O)Nc2ccc(C(C)C)cc2)n1. The standard InChI is InChI=1S/C18H22N4O3S/c1-10(2)14-6-8-15(9-7-14)22-26(23,24)17-12(4)19-11(3)16(17)18-20-13(5)21-25-18/h6-10,19,22H,1-5H3. The van der Waals surface area contributed by atoms with E-state index in [9.17, 15) is 8.42 Å². The molecule has 0 amide bonds. The molecule has 0 aliphatic carbocycles. The molecule has 26 heavy (non-hydrogen) atoms. The summed E-state index contributed by atoms with van der Waals surface area (Å²) in [4.78, 5) is 7.35. The van der Waals surface area contributed by atoms with Crippen LogP contribution in [0.4, 0.5) is 5.69 Å². The lowest BCUT2D eigenvalue weighted by molar-refractivity contribution is 0.424. The average Bonchev–Trinajstić information content (AvgIpc) is 3.10. The van der Waals surface area contributed by atoms with Crippen LogP contribution in [0.1, 0.15) is 42.5 Å². The molecule has 3 aromatic rings. The minimum absolute atomic E-state index is 0.117. The van der Waals surface area contributed by atoms with Crippen molar-refractivity contribution in [2.45, 2.75) is 45.4 Å². The van der Waals surface area contributed by atoms with Crippen LogP contribution >= 0.6 is 0 Å². The van der Waals surface area contributed by atoms with Gasteiger partial charge < -0.3 is 9.51 Å². The fourth-order valence-corrected chi connectivity index (χ4v) is 4.40. The van der Waals surface area contributed by atoms with Gasteiger partial charge in [0, 0.05) is 17.1 Å². The number of anilines is 1. The molecule has 3 rings (SSSR count). The minimum Gasteiger partial charge on any atom is -0.361 e. The number of H-pyrrole nitrogens is 1. The van der Waals surface area contributed by atoms with Crippen molar-refractivity contribution >= 4 is 15.7 Å². The molecule has 0 unspecified atom stereocenters. The average molecular weight is 374 g/mol. The lowest BCUT2D eigenvalue weighted by Gasteiger charge is -2.11. The third kappa shape index (κ3) is 3.37. The van der Waals surface area contributed by atoms with Gasteiger partial charge in [-0.3, -0.25) is 4.72 Å². The zero-order chi connectivity index (χ0) is 19.1. The molecule has 2 N–H and O–H groups in total. The van der Waals surface area contributed by atoms with E-state index in [1.165, 1.54) is 0 Å². The van der Waals surface area contributed by atoms with Crippen molar-refractivity contribution in [3.05, 3.63) is 47.0 Å². The summed E-state index contributed by atoms with van der Waals surface area (Å²) in [6, 6.07) is 7.36. The molecule has 0 radical (unpaired) electrons. The van der Waals surface area contributed by atoms with E-state index < -0.39 is 10.0 Å². The number of hydrogen-bond donors (Lipinski definition) is 2. The molecule has 0 aliphatic heterocycles. The van der Waals surface area contributed by atoms with Crippen molar-refractivity contribution in [3.8, 4) is 11.5 Å². The molecule has 1 aromatic carbocycles. The van der Waals surface area contributed by atoms with Gasteiger partial charge in [0.25, 0.3) is 15.9 Å². The lowest BCUT2D eigenvalue weighted by atomic mass is 10.0. The predicted octanol–water partition coefficient (Wildman–Crippen LogP) is 3.91. The van der Waals surface area contributed by atoms with Crippen molar-refractivity contribution in [2.24, 2.45) is 0 Å². The predicted molar refractivity (Wildman–Crippen MR) is 99.6 cm³/mol. The third-order valence-electron chi connectivity index (χ3n) is 4.16. The van der Waals surface area contributed by atoms with Crippen molar-refractivity contribution in [1.82, 2.24) is 15.1 Å². The highest BCUT2D eigenvalue weighted by atomic mass is 32.2. The van der Waals surface area contributed by atoms with Gasteiger partial charge in [-0.2, -0.15) is 4.98 Å². The Bertz CT molecular complexity index is 1030. The highest BCUT2D eigenvalue weighted by Gasteiger charge is 2.29. The second-order valence-corrected chi connectivity index (χ2v) is 8.23. The van der Waals surface area contributed by atoms with Crippen LogP contribution in [0.5, 0.6) is 0 Å². The van der Waals surface area contributed by atoms with Crippen molar-refractivity contribution in [2.75, 3.05) is 4.72 Å². The highest BCUT2D eigenvalue weighted by Crippen LogP contribution is 2.33. The first-order chi connectivity index (χ1) is 12.2. The molecule has 7 nitrogen and oxygen atoms in total. The lowest BCUT2D eigenvalue weighted by Crippen LogP contribution is -2.14. The zero-order valence-electron chi connectivity index (χ0n) is 15.4. The quantitative estimate of drug-likeness (QED) is 0.705. The minimum atomic E-state index is -3.83. The number of rotatable bonds is 5. The van der Waals surface area contributed by atoms with Crippen LogP contribution in [0.2, 0.25) is 0 Å². The van der Waals surface area contributed by atoms with Crippen LogP contribution in [0.15, 0.2) is 33.7 Å².